The fraction of sp³-hybridized carbons (Fsp3) is 0.381. The van der Waals surface area contributed by atoms with Gasteiger partial charge in [-0.15, -0.1) is 0 Å². The fourth-order valence-corrected chi connectivity index (χ4v) is 4.72. The highest BCUT2D eigenvalue weighted by Crippen LogP contribution is 2.30. The number of ether oxygens (including phenoxy) is 1. The SMILES string of the molecule is CCOc1ccc(S(=O)(=O)N2CCCCC2)cc1NC(=O)/C=C/c1ccc(C)o1. The first-order valence-corrected chi connectivity index (χ1v) is 11.2. The highest BCUT2D eigenvalue weighted by molar-refractivity contribution is 7.89. The standard InChI is InChI=1S/C21H26N2O5S/c1-3-27-20-11-10-18(29(25,26)23-13-5-4-6-14-23)15-19(20)22-21(24)12-9-17-8-7-16(2)28-17/h7-12,15H,3-6,13-14H2,1-2H3,(H,22,24)/b12-9+. The van der Waals surface area contributed by atoms with Crippen molar-refractivity contribution in [1.29, 1.82) is 0 Å². The zero-order valence-electron chi connectivity index (χ0n) is 16.7. The molecule has 0 aliphatic carbocycles. The van der Waals surface area contributed by atoms with Gasteiger partial charge in [-0.1, -0.05) is 6.42 Å². The topological polar surface area (TPSA) is 88.9 Å². The summed E-state index contributed by atoms with van der Waals surface area (Å²) in [5.41, 5.74) is 0.315. The van der Waals surface area contributed by atoms with Crippen LogP contribution in [0.25, 0.3) is 6.08 Å². The number of carbonyl (C=O) groups is 1. The van der Waals surface area contributed by atoms with Gasteiger partial charge in [-0.05, 0) is 63.1 Å². The van der Waals surface area contributed by atoms with Gasteiger partial charge in [0.25, 0.3) is 0 Å². The van der Waals surface area contributed by atoms with Gasteiger partial charge < -0.3 is 14.5 Å². The minimum absolute atomic E-state index is 0.142. The summed E-state index contributed by atoms with van der Waals surface area (Å²) in [5.74, 6) is 1.32. The predicted octanol–water partition coefficient (Wildman–Crippen LogP) is 3.81. The van der Waals surface area contributed by atoms with E-state index >= 15 is 0 Å². The second kappa shape index (κ2) is 9.28. The van der Waals surface area contributed by atoms with Crippen LogP contribution in [0.4, 0.5) is 5.69 Å². The second-order valence-electron chi connectivity index (χ2n) is 6.83. The average molecular weight is 419 g/mol. The largest absolute Gasteiger partial charge is 0.492 e. The molecular weight excluding hydrogens is 392 g/mol. The number of benzene rings is 1. The van der Waals surface area contributed by atoms with E-state index in [2.05, 4.69) is 5.32 Å². The van der Waals surface area contributed by atoms with Crippen molar-refractivity contribution in [2.45, 2.75) is 38.0 Å². The molecule has 0 atom stereocenters. The smallest absolute Gasteiger partial charge is 0.248 e. The molecule has 1 N–H and O–H groups in total. The van der Waals surface area contributed by atoms with Crippen LogP contribution in [0.2, 0.25) is 0 Å². The van der Waals surface area contributed by atoms with Gasteiger partial charge in [0.1, 0.15) is 17.3 Å². The molecule has 3 rings (SSSR count). The normalized spacial score (nSPS) is 15.5. The van der Waals surface area contributed by atoms with Crippen LogP contribution >= 0.6 is 0 Å². The van der Waals surface area contributed by atoms with Crippen molar-refractivity contribution >= 4 is 27.7 Å². The Morgan fingerprint density at radius 2 is 1.97 bits per heavy atom. The molecule has 156 valence electrons. The number of furan rings is 1. The van der Waals surface area contributed by atoms with Gasteiger partial charge in [0.05, 0.1) is 17.2 Å². The van der Waals surface area contributed by atoms with Gasteiger partial charge in [-0.3, -0.25) is 4.79 Å². The molecule has 0 spiro atoms. The van der Waals surface area contributed by atoms with E-state index in [0.29, 0.717) is 36.9 Å². The van der Waals surface area contributed by atoms with E-state index in [1.165, 1.54) is 22.5 Å². The number of carbonyl (C=O) groups excluding carboxylic acids is 1. The Morgan fingerprint density at radius 1 is 1.21 bits per heavy atom. The lowest BCUT2D eigenvalue weighted by Gasteiger charge is -2.26. The summed E-state index contributed by atoms with van der Waals surface area (Å²) >= 11 is 0. The van der Waals surface area contributed by atoms with Gasteiger partial charge in [0, 0.05) is 19.2 Å². The molecule has 0 radical (unpaired) electrons. The minimum Gasteiger partial charge on any atom is -0.492 e. The predicted molar refractivity (Wildman–Crippen MR) is 111 cm³/mol. The lowest BCUT2D eigenvalue weighted by atomic mass is 10.2. The van der Waals surface area contributed by atoms with E-state index in [9.17, 15) is 13.2 Å². The van der Waals surface area contributed by atoms with Gasteiger partial charge >= 0.3 is 0 Å². The van der Waals surface area contributed by atoms with Crippen LogP contribution in [0.3, 0.4) is 0 Å². The first-order valence-electron chi connectivity index (χ1n) is 9.72. The summed E-state index contributed by atoms with van der Waals surface area (Å²) in [4.78, 5) is 12.5. The molecule has 1 amide bonds. The minimum atomic E-state index is -3.61. The summed E-state index contributed by atoms with van der Waals surface area (Å²) < 4.78 is 38.4. The summed E-state index contributed by atoms with van der Waals surface area (Å²) in [7, 11) is -3.61. The maximum atomic E-state index is 13.0. The number of hydrogen-bond donors (Lipinski definition) is 1. The van der Waals surface area contributed by atoms with E-state index in [0.717, 1.165) is 25.0 Å². The van der Waals surface area contributed by atoms with E-state index in [1.807, 2.05) is 13.8 Å². The van der Waals surface area contributed by atoms with Crippen LogP contribution in [-0.2, 0) is 14.8 Å². The number of anilines is 1. The van der Waals surface area contributed by atoms with Gasteiger partial charge in [-0.2, -0.15) is 4.31 Å². The summed E-state index contributed by atoms with van der Waals surface area (Å²) in [6, 6.07) is 8.12. The Hall–Kier alpha value is -2.58. The van der Waals surface area contributed by atoms with Crippen molar-refractivity contribution in [1.82, 2.24) is 4.31 Å². The Bertz CT molecular complexity index is 988. The van der Waals surface area contributed by atoms with E-state index in [1.54, 1.807) is 24.3 Å². The lowest BCUT2D eigenvalue weighted by Crippen LogP contribution is -2.35. The van der Waals surface area contributed by atoms with Crippen molar-refractivity contribution in [3.63, 3.8) is 0 Å². The number of piperidine rings is 1. The number of nitrogens with zero attached hydrogens (tertiary/aromatic N) is 1. The Labute approximate surface area is 171 Å². The Morgan fingerprint density at radius 3 is 2.62 bits per heavy atom. The van der Waals surface area contributed by atoms with Gasteiger partial charge in [0.15, 0.2) is 0 Å². The zero-order valence-corrected chi connectivity index (χ0v) is 17.5. The van der Waals surface area contributed by atoms with E-state index < -0.39 is 15.9 Å². The second-order valence-corrected chi connectivity index (χ2v) is 8.76. The van der Waals surface area contributed by atoms with Gasteiger partial charge in [-0.25, -0.2) is 8.42 Å². The Kier molecular flexibility index (Phi) is 6.76. The van der Waals surface area contributed by atoms with E-state index in [-0.39, 0.29) is 4.90 Å². The highest BCUT2D eigenvalue weighted by atomic mass is 32.2. The molecule has 1 aromatic heterocycles. The van der Waals surface area contributed by atoms with Gasteiger partial charge in [0.2, 0.25) is 15.9 Å². The van der Waals surface area contributed by atoms with Crippen molar-refractivity contribution in [2.24, 2.45) is 0 Å². The first-order chi connectivity index (χ1) is 13.9. The summed E-state index contributed by atoms with van der Waals surface area (Å²) in [6.07, 6.45) is 5.64. The van der Waals surface area contributed by atoms with Crippen molar-refractivity contribution in [3.8, 4) is 5.75 Å². The highest BCUT2D eigenvalue weighted by Gasteiger charge is 2.26. The maximum absolute atomic E-state index is 13.0. The molecular formula is C21H26N2O5S. The molecule has 0 bridgehead atoms. The number of sulfonamides is 1. The number of rotatable bonds is 7. The third-order valence-corrected chi connectivity index (χ3v) is 6.52. The molecule has 2 aromatic rings. The molecule has 8 heteroatoms. The van der Waals surface area contributed by atoms with Crippen LogP contribution < -0.4 is 10.1 Å². The first kappa shape index (κ1) is 21.1. The quantitative estimate of drug-likeness (QED) is 0.691. The monoisotopic (exact) mass is 418 g/mol. The molecule has 1 fully saturated rings. The van der Waals surface area contributed by atoms with Crippen LogP contribution in [0, 0.1) is 6.92 Å². The maximum Gasteiger partial charge on any atom is 0.248 e. The van der Waals surface area contributed by atoms with Crippen LogP contribution in [-0.4, -0.2) is 38.3 Å². The van der Waals surface area contributed by atoms with Crippen molar-refractivity contribution in [2.75, 3.05) is 25.0 Å². The Balaban J connectivity index is 1.82. The molecule has 29 heavy (non-hydrogen) atoms. The average Bonchev–Trinajstić information content (AvgIpc) is 3.14. The zero-order chi connectivity index (χ0) is 20.9. The molecule has 0 unspecified atom stereocenters. The summed E-state index contributed by atoms with van der Waals surface area (Å²) in [6.45, 7) is 5.07. The van der Waals surface area contributed by atoms with Crippen molar-refractivity contribution < 1.29 is 22.4 Å². The molecule has 1 aromatic carbocycles. The lowest BCUT2D eigenvalue weighted by molar-refractivity contribution is -0.111. The molecule has 1 saturated heterocycles. The van der Waals surface area contributed by atoms with Crippen LogP contribution in [0.15, 0.2) is 45.7 Å². The number of amides is 1. The molecule has 0 saturated carbocycles. The molecule has 1 aliphatic rings. The number of aryl methyl sites for hydroxylation is 1. The summed E-state index contributed by atoms with van der Waals surface area (Å²) in [5, 5.41) is 2.71. The molecule has 1 aliphatic heterocycles. The third-order valence-electron chi connectivity index (χ3n) is 4.62. The number of nitrogens with one attached hydrogen (secondary N) is 1. The van der Waals surface area contributed by atoms with Crippen LogP contribution in [0.1, 0.15) is 37.7 Å². The molecule has 2 heterocycles. The van der Waals surface area contributed by atoms with E-state index in [4.69, 9.17) is 9.15 Å². The van der Waals surface area contributed by atoms with Crippen LogP contribution in [0.5, 0.6) is 5.75 Å². The molecule has 7 nitrogen and oxygen atoms in total. The fourth-order valence-electron chi connectivity index (χ4n) is 3.18. The van der Waals surface area contributed by atoms with Crippen molar-refractivity contribution in [3.05, 3.63) is 47.9 Å². The third kappa shape index (κ3) is 5.27. The number of hydrogen-bond acceptors (Lipinski definition) is 5.